The summed E-state index contributed by atoms with van der Waals surface area (Å²) < 4.78 is 4.94. The van der Waals surface area contributed by atoms with Gasteiger partial charge >= 0.3 is 5.97 Å². The highest BCUT2D eigenvalue weighted by atomic mass is 16.5. The second kappa shape index (κ2) is 6.89. The maximum absolute atomic E-state index is 11.7. The third-order valence-corrected chi connectivity index (χ3v) is 2.48. The predicted octanol–water partition coefficient (Wildman–Crippen LogP) is 1.40. The number of nitrogens with one attached hydrogen (secondary N) is 2. The van der Waals surface area contributed by atoms with Crippen molar-refractivity contribution in [1.29, 1.82) is 10.7 Å². The SMILES string of the molecule is CCOC(=O)c1cccc(N/N=C(\C#N)C(=N)N)c1C. The number of nitrogens with zero attached hydrogens (tertiary/aromatic N) is 2. The molecule has 4 N–H and O–H groups in total. The molecule has 0 aliphatic carbocycles. The first-order chi connectivity index (χ1) is 9.51. The van der Waals surface area contributed by atoms with Crippen molar-refractivity contribution in [1.82, 2.24) is 0 Å². The van der Waals surface area contributed by atoms with E-state index in [1.807, 2.05) is 0 Å². The van der Waals surface area contributed by atoms with Crippen molar-refractivity contribution in [2.45, 2.75) is 13.8 Å². The van der Waals surface area contributed by atoms with Gasteiger partial charge in [0.05, 0.1) is 17.9 Å². The van der Waals surface area contributed by atoms with Crippen LogP contribution in [0.2, 0.25) is 0 Å². The van der Waals surface area contributed by atoms with Crippen LogP contribution in [0, 0.1) is 23.7 Å². The standard InChI is InChI=1S/C13H15N5O2/c1-3-20-13(19)9-5-4-6-10(8(9)2)17-18-11(7-14)12(15)16/h4-6,17H,3H2,1-2H3,(H3,15,16)/b18-11+. The Balaban J connectivity index is 3.04. The van der Waals surface area contributed by atoms with Crippen LogP contribution in [-0.2, 0) is 4.74 Å². The quantitative estimate of drug-likeness (QED) is 0.323. The maximum Gasteiger partial charge on any atom is 0.338 e. The highest BCUT2D eigenvalue weighted by Gasteiger charge is 2.12. The van der Waals surface area contributed by atoms with Gasteiger partial charge in [-0.1, -0.05) is 6.07 Å². The van der Waals surface area contributed by atoms with E-state index in [-0.39, 0.29) is 12.3 Å². The molecule has 1 aromatic rings. The lowest BCUT2D eigenvalue weighted by molar-refractivity contribution is 0.0525. The summed E-state index contributed by atoms with van der Waals surface area (Å²) in [6.07, 6.45) is 0. The molecule has 7 heteroatoms. The molecule has 0 radical (unpaired) electrons. The zero-order valence-electron chi connectivity index (χ0n) is 11.2. The number of benzene rings is 1. The van der Waals surface area contributed by atoms with E-state index < -0.39 is 11.8 Å². The van der Waals surface area contributed by atoms with E-state index in [1.54, 1.807) is 38.1 Å². The van der Waals surface area contributed by atoms with Crippen molar-refractivity contribution in [2.75, 3.05) is 12.0 Å². The van der Waals surface area contributed by atoms with Gasteiger partial charge in [-0.2, -0.15) is 10.4 Å². The Morgan fingerprint density at radius 1 is 1.60 bits per heavy atom. The molecule has 1 aromatic carbocycles. The summed E-state index contributed by atoms with van der Waals surface area (Å²) in [5.41, 5.74) is 9.15. The molecule has 104 valence electrons. The summed E-state index contributed by atoms with van der Waals surface area (Å²) in [7, 11) is 0. The summed E-state index contributed by atoms with van der Waals surface area (Å²) >= 11 is 0. The largest absolute Gasteiger partial charge is 0.462 e. The van der Waals surface area contributed by atoms with Gasteiger partial charge in [0, 0.05) is 0 Å². The van der Waals surface area contributed by atoms with E-state index in [1.165, 1.54) is 0 Å². The minimum atomic E-state index is -0.431. The molecule has 0 aromatic heterocycles. The maximum atomic E-state index is 11.7. The first kappa shape index (κ1) is 15.2. The Bertz CT molecular complexity index is 601. The second-order valence-electron chi connectivity index (χ2n) is 3.80. The van der Waals surface area contributed by atoms with Crippen LogP contribution in [0.1, 0.15) is 22.8 Å². The Kier molecular flexibility index (Phi) is 5.23. The number of hydrogen-bond acceptors (Lipinski definition) is 6. The Labute approximate surface area is 116 Å². The summed E-state index contributed by atoms with van der Waals surface area (Å²) in [5.74, 6) is -0.857. The molecular weight excluding hydrogens is 258 g/mol. The summed E-state index contributed by atoms with van der Waals surface area (Å²) in [6, 6.07) is 6.69. The van der Waals surface area contributed by atoms with Crippen LogP contribution in [-0.4, -0.2) is 24.1 Å². The Hall–Kier alpha value is -2.88. The molecule has 7 nitrogen and oxygen atoms in total. The number of anilines is 1. The van der Waals surface area contributed by atoms with Crippen LogP contribution in [0.3, 0.4) is 0 Å². The van der Waals surface area contributed by atoms with Crippen LogP contribution in [0.5, 0.6) is 0 Å². The number of carbonyl (C=O) groups is 1. The predicted molar refractivity (Wildman–Crippen MR) is 75.7 cm³/mol. The number of amidine groups is 1. The highest BCUT2D eigenvalue weighted by molar-refractivity contribution is 6.45. The zero-order chi connectivity index (χ0) is 15.1. The van der Waals surface area contributed by atoms with Crippen LogP contribution < -0.4 is 11.2 Å². The first-order valence-corrected chi connectivity index (χ1v) is 5.86. The highest BCUT2D eigenvalue weighted by Crippen LogP contribution is 2.19. The van der Waals surface area contributed by atoms with Gasteiger partial charge in [0.25, 0.3) is 0 Å². The number of nitrogens with two attached hydrogens (primary N) is 1. The van der Waals surface area contributed by atoms with Gasteiger partial charge in [-0.05, 0) is 31.5 Å². The molecular formula is C13H15N5O2. The number of carbonyl (C=O) groups excluding carboxylic acids is 1. The monoisotopic (exact) mass is 273 g/mol. The number of hydrogen-bond donors (Lipinski definition) is 3. The molecule has 0 fully saturated rings. The van der Waals surface area contributed by atoms with Crippen molar-refractivity contribution in [3.05, 3.63) is 29.3 Å². The molecule has 0 amide bonds. The van der Waals surface area contributed by atoms with Crippen LogP contribution >= 0.6 is 0 Å². The molecule has 0 aliphatic heterocycles. The van der Waals surface area contributed by atoms with E-state index >= 15 is 0 Å². The lowest BCUT2D eigenvalue weighted by atomic mass is 10.1. The fraction of sp³-hybridized carbons (Fsp3) is 0.231. The van der Waals surface area contributed by atoms with Crippen molar-refractivity contribution >= 4 is 23.2 Å². The van der Waals surface area contributed by atoms with E-state index in [0.29, 0.717) is 16.8 Å². The van der Waals surface area contributed by atoms with Gasteiger partial charge in [0.1, 0.15) is 6.07 Å². The number of esters is 1. The summed E-state index contributed by atoms with van der Waals surface area (Å²) in [6.45, 7) is 3.74. The molecule has 0 saturated carbocycles. The average molecular weight is 273 g/mol. The van der Waals surface area contributed by atoms with E-state index in [9.17, 15) is 4.79 Å². The van der Waals surface area contributed by atoms with Crippen molar-refractivity contribution < 1.29 is 9.53 Å². The summed E-state index contributed by atoms with van der Waals surface area (Å²) in [5, 5.41) is 19.6. The average Bonchev–Trinajstić information content (AvgIpc) is 2.41. The van der Waals surface area contributed by atoms with Gasteiger partial charge in [0.2, 0.25) is 5.71 Å². The lowest BCUT2D eigenvalue weighted by Crippen LogP contribution is -2.22. The molecule has 0 bridgehead atoms. The van der Waals surface area contributed by atoms with Crippen LogP contribution in [0.25, 0.3) is 0 Å². The fourth-order valence-electron chi connectivity index (χ4n) is 1.45. The molecule has 0 unspecified atom stereocenters. The number of rotatable bonds is 5. The van der Waals surface area contributed by atoms with Gasteiger partial charge in [-0.25, -0.2) is 4.79 Å². The molecule has 20 heavy (non-hydrogen) atoms. The normalized spacial score (nSPS) is 10.6. The Morgan fingerprint density at radius 2 is 2.30 bits per heavy atom. The van der Waals surface area contributed by atoms with Gasteiger partial charge in [0.15, 0.2) is 5.84 Å². The molecule has 0 aliphatic rings. The van der Waals surface area contributed by atoms with E-state index in [0.717, 1.165) is 0 Å². The topological polar surface area (TPSA) is 124 Å². The lowest BCUT2D eigenvalue weighted by Gasteiger charge is -2.10. The van der Waals surface area contributed by atoms with Crippen LogP contribution in [0.15, 0.2) is 23.3 Å². The minimum absolute atomic E-state index is 0.231. The third kappa shape index (κ3) is 3.55. The van der Waals surface area contributed by atoms with E-state index in [2.05, 4.69) is 10.5 Å². The molecule has 1 rings (SSSR count). The third-order valence-electron chi connectivity index (χ3n) is 2.48. The Morgan fingerprint density at radius 3 is 2.85 bits per heavy atom. The van der Waals surface area contributed by atoms with Crippen molar-refractivity contribution in [3.8, 4) is 6.07 Å². The van der Waals surface area contributed by atoms with Gasteiger partial charge in [-0.15, -0.1) is 0 Å². The first-order valence-electron chi connectivity index (χ1n) is 5.86. The zero-order valence-corrected chi connectivity index (χ0v) is 11.2. The van der Waals surface area contributed by atoms with Crippen LogP contribution in [0.4, 0.5) is 5.69 Å². The summed E-state index contributed by atoms with van der Waals surface area (Å²) in [4.78, 5) is 11.7. The number of hydrazone groups is 1. The number of ether oxygens (including phenoxy) is 1. The molecule has 0 saturated heterocycles. The molecule has 0 spiro atoms. The smallest absolute Gasteiger partial charge is 0.338 e. The fourth-order valence-corrected chi connectivity index (χ4v) is 1.45. The van der Waals surface area contributed by atoms with Gasteiger partial charge in [-0.3, -0.25) is 10.8 Å². The minimum Gasteiger partial charge on any atom is -0.462 e. The second-order valence-corrected chi connectivity index (χ2v) is 3.80. The van der Waals surface area contributed by atoms with Crippen molar-refractivity contribution in [2.24, 2.45) is 10.8 Å². The molecule has 0 atom stereocenters. The van der Waals surface area contributed by atoms with E-state index in [4.69, 9.17) is 21.1 Å². The number of nitriles is 1. The molecule has 0 heterocycles. The van der Waals surface area contributed by atoms with Crippen molar-refractivity contribution in [3.63, 3.8) is 0 Å². The van der Waals surface area contributed by atoms with Gasteiger partial charge < -0.3 is 10.5 Å².